The van der Waals surface area contributed by atoms with Gasteiger partial charge in [0.05, 0.1) is 29.8 Å². The molecular formula is C31H38N10O2. The lowest BCUT2D eigenvalue weighted by atomic mass is 10.2. The number of terminal acetylenes is 1. The van der Waals surface area contributed by atoms with Crippen molar-refractivity contribution in [1.29, 1.82) is 0 Å². The topological polar surface area (TPSA) is 133 Å². The predicted molar refractivity (Wildman–Crippen MR) is 168 cm³/mol. The van der Waals surface area contributed by atoms with Gasteiger partial charge in [0.2, 0.25) is 11.9 Å². The molecule has 0 aliphatic heterocycles. The molecule has 0 aliphatic rings. The molecule has 3 aromatic rings. The van der Waals surface area contributed by atoms with E-state index in [1.54, 1.807) is 24.7 Å². The molecule has 43 heavy (non-hydrogen) atoms. The largest absolute Gasteiger partial charge is 0.369 e. The Morgan fingerprint density at radius 1 is 1.12 bits per heavy atom. The number of carbonyl (C=O) groups excluding carboxylic acids is 2. The molecular weight excluding hydrogens is 544 g/mol. The van der Waals surface area contributed by atoms with E-state index in [1.165, 1.54) is 22.8 Å². The highest BCUT2D eigenvalue weighted by molar-refractivity contribution is 5.94. The Labute approximate surface area is 253 Å². The second-order valence-electron chi connectivity index (χ2n) is 9.75. The summed E-state index contributed by atoms with van der Waals surface area (Å²) in [4.78, 5) is 38.7. The van der Waals surface area contributed by atoms with E-state index in [0.717, 1.165) is 24.3 Å². The molecule has 0 unspecified atom stereocenters. The van der Waals surface area contributed by atoms with Crippen molar-refractivity contribution in [3.05, 3.63) is 60.6 Å². The van der Waals surface area contributed by atoms with Gasteiger partial charge in [-0.3, -0.25) is 9.59 Å². The van der Waals surface area contributed by atoms with E-state index < -0.39 is 11.9 Å². The van der Waals surface area contributed by atoms with Gasteiger partial charge in [-0.2, -0.15) is 20.0 Å². The van der Waals surface area contributed by atoms with Crippen LogP contribution in [0.5, 0.6) is 0 Å². The fourth-order valence-corrected chi connectivity index (χ4v) is 3.68. The third-order valence-electron chi connectivity index (χ3n) is 5.98. The maximum Gasteiger partial charge on any atom is 0.255 e. The van der Waals surface area contributed by atoms with Crippen LogP contribution >= 0.6 is 0 Å². The standard InChI is InChI=1S/C31H38N10O2/c1-6-18-32-29-24(23-34-31(38-29)37-25-14-16-26(17-15-25)41-35-20-21-36-41)12-9-8-10-19-33-30(43)27(7-2)40(5)28(42)13-11-22-39(3)4/h2,11,13-17,20-21,23,27H,6,8,10,18-19,22H2,1,3-5H3,(H,33,43)(H2,32,34,37,38)/b13-11+/t27-/m0/s1. The molecule has 2 heterocycles. The number of benzene rings is 1. The number of unbranched alkanes of at least 4 members (excludes halogenated alkanes) is 1. The first-order chi connectivity index (χ1) is 20.8. The first-order valence-corrected chi connectivity index (χ1v) is 14.0. The minimum Gasteiger partial charge on any atom is -0.369 e. The third-order valence-corrected chi connectivity index (χ3v) is 5.98. The van der Waals surface area contributed by atoms with Crippen LogP contribution in [0.4, 0.5) is 17.5 Å². The average molecular weight is 583 g/mol. The highest BCUT2D eigenvalue weighted by atomic mass is 16.2. The summed E-state index contributed by atoms with van der Waals surface area (Å²) in [6.07, 6.45) is 15.7. The van der Waals surface area contributed by atoms with Crippen molar-refractivity contribution in [3.63, 3.8) is 0 Å². The van der Waals surface area contributed by atoms with Crippen molar-refractivity contribution in [1.82, 2.24) is 40.1 Å². The zero-order chi connectivity index (χ0) is 31.0. The Morgan fingerprint density at radius 2 is 1.86 bits per heavy atom. The molecule has 0 bridgehead atoms. The van der Waals surface area contributed by atoms with Gasteiger partial charge in [0.1, 0.15) is 5.82 Å². The van der Waals surface area contributed by atoms with Crippen molar-refractivity contribution < 1.29 is 9.59 Å². The fourth-order valence-electron chi connectivity index (χ4n) is 3.68. The molecule has 2 aromatic heterocycles. The van der Waals surface area contributed by atoms with Crippen LogP contribution in [0.3, 0.4) is 0 Å². The van der Waals surface area contributed by atoms with Gasteiger partial charge in [-0.25, -0.2) is 4.98 Å². The molecule has 0 spiro atoms. The Kier molecular flexibility index (Phi) is 12.7. The van der Waals surface area contributed by atoms with Crippen LogP contribution in [0, 0.1) is 24.2 Å². The minimum atomic E-state index is -0.995. The van der Waals surface area contributed by atoms with E-state index in [9.17, 15) is 9.59 Å². The lowest BCUT2D eigenvalue weighted by molar-refractivity contribution is -0.133. The number of carbonyl (C=O) groups is 2. The average Bonchev–Trinajstić information content (AvgIpc) is 3.54. The maximum absolute atomic E-state index is 12.6. The molecule has 12 heteroatoms. The van der Waals surface area contributed by atoms with Crippen LogP contribution in [0.2, 0.25) is 0 Å². The zero-order valence-corrected chi connectivity index (χ0v) is 25.0. The van der Waals surface area contributed by atoms with E-state index in [2.05, 4.69) is 60.8 Å². The molecule has 0 saturated heterocycles. The number of nitrogens with zero attached hydrogens (tertiary/aromatic N) is 7. The van der Waals surface area contributed by atoms with Crippen molar-refractivity contribution in [2.45, 2.75) is 32.2 Å². The van der Waals surface area contributed by atoms with E-state index in [-0.39, 0.29) is 5.91 Å². The molecule has 2 amide bonds. The quantitative estimate of drug-likeness (QED) is 0.149. The van der Waals surface area contributed by atoms with Crippen LogP contribution in [0.1, 0.15) is 31.7 Å². The van der Waals surface area contributed by atoms with Crippen molar-refractivity contribution in [2.75, 3.05) is 51.4 Å². The number of rotatable bonds is 14. The summed E-state index contributed by atoms with van der Waals surface area (Å²) in [6, 6.07) is 6.61. The van der Waals surface area contributed by atoms with Gasteiger partial charge in [0.15, 0.2) is 6.04 Å². The number of nitrogens with one attached hydrogen (secondary N) is 3. The molecule has 1 aromatic carbocycles. The minimum absolute atomic E-state index is 0.331. The summed E-state index contributed by atoms with van der Waals surface area (Å²) in [5.74, 6) is 9.00. The number of amides is 2. The molecule has 0 aliphatic carbocycles. The fraction of sp³-hybridized carbons (Fsp3) is 0.355. The molecule has 0 radical (unpaired) electrons. The van der Waals surface area contributed by atoms with Crippen LogP contribution in [-0.4, -0.2) is 93.4 Å². The number of likely N-dealkylation sites (N-methyl/N-ethyl adjacent to an activating group) is 2. The summed E-state index contributed by atoms with van der Waals surface area (Å²) in [7, 11) is 5.31. The summed E-state index contributed by atoms with van der Waals surface area (Å²) >= 11 is 0. The normalized spacial score (nSPS) is 11.3. The van der Waals surface area contributed by atoms with Gasteiger partial charge in [0.25, 0.3) is 5.91 Å². The Morgan fingerprint density at radius 3 is 2.53 bits per heavy atom. The molecule has 0 fully saturated rings. The van der Waals surface area contributed by atoms with Crippen LogP contribution in [0.25, 0.3) is 5.69 Å². The van der Waals surface area contributed by atoms with Gasteiger partial charge >= 0.3 is 0 Å². The molecule has 12 nitrogen and oxygen atoms in total. The summed E-state index contributed by atoms with van der Waals surface area (Å²) in [5.41, 5.74) is 2.34. The number of aromatic nitrogens is 5. The van der Waals surface area contributed by atoms with E-state index in [4.69, 9.17) is 6.42 Å². The van der Waals surface area contributed by atoms with Gasteiger partial charge in [-0.1, -0.05) is 30.8 Å². The summed E-state index contributed by atoms with van der Waals surface area (Å²) in [6.45, 7) is 3.79. The first-order valence-electron chi connectivity index (χ1n) is 14.0. The monoisotopic (exact) mass is 582 g/mol. The van der Waals surface area contributed by atoms with Crippen LogP contribution < -0.4 is 16.0 Å². The second-order valence-corrected chi connectivity index (χ2v) is 9.75. The molecule has 0 saturated carbocycles. The molecule has 1 atom stereocenters. The Hall–Kier alpha value is -5.20. The van der Waals surface area contributed by atoms with E-state index in [1.807, 2.05) is 43.3 Å². The highest BCUT2D eigenvalue weighted by Crippen LogP contribution is 2.18. The van der Waals surface area contributed by atoms with E-state index in [0.29, 0.717) is 43.3 Å². The smallest absolute Gasteiger partial charge is 0.255 e. The molecule has 3 N–H and O–H groups in total. The SMILES string of the molecule is C#C[C@@H](C(=O)NCCCC#Cc1cnc(Nc2ccc(-n3nccn3)cc2)nc1NCCC)N(C)C(=O)/C=C/CN(C)C. The first kappa shape index (κ1) is 32.3. The highest BCUT2D eigenvalue weighted by Gasteiger charge is 2.23. The van der Waals surface area contributed by atoms with Crippen LogP contribution in [-0.2, 0) is 9.59 Å². The lowest BCUT2D eigenvalue weighted by Gasteiger charge is -2.22. The van der Waals surface area contributed by atoms with Gasteiger partial charge in [-0.05, 0) is 51.2 Å². The summed E-state index contributed by atoms with van der Waals surface area (Å²) in [5, 5.41) is 17.6. The number of hydrogen-bond donors (Lipinski definition) is 3. The molecule has 3 rings (SSSR count). The van der Waals surface area contributed by atoms with Gasteiger partial charge in [-0.15, -0.1) is 6.42 Å². The maximum atomic E-state index is 12.6. The van der Waals surface area contributed by atoms with Gasteiger partial charge < -0.3 is 25.8 Å². The number of hydrogen-bond acceptors (Lipinski definition) is 9. The predicted octanol–water partition coefficient (Wildman–Crippen LogP) is 2.45. The molecule has 224 valence electrons. The van der Waals surface area contributed by atoms with Crippen LogP contribution in [0.15, 0.2) is 55.0 Å². The zero-order valence-electron chi connectivity index (χ0n) is 25.0. The van der Waals surface area contributed by atoms with Gasteiger partial charge in [0, 0.05) is 44.9 Å². The van der Waals surface area contributed by atoms with E-state index >= 15 is 0 Å². The van der Waals surface area contributed by atoms with Crippen molar-refractivity contribution >= 4 is 29.3 Å². The lowest BCUT2D eigenvalue weighted by Crippen LogP contribution is -2.46. The van der Waals surface area contributed by atoms with Crippen molar-refractivity contribution in [3.8, 4) is 29.9 Å². The van der Waals surface area contributed by atoms with Crippen molar-refractivity contribution in [2.24, 2.45) is 0 Å². The Balaban J connectivity index is 1.53. The Bertz CT molecular complexity index is 1460. The summed E-state index contributed by atoms with van der Waals surface area (Å²) < 4.78 is 0. The third kappa shape index (κ3) is 10.3. The number of anilines is 3. The second kappa shape index (κ2) is 16.9.